The van der Waals surface area contributed by atoms with Crippen LogP contribution in [-0.2, 0) is 4.79 Å². The van der Waals surface area contributed by atoms with Gasteiger partial charge >= 0.3 is 6.03 Å². The largest absolute Gasteiger partial charge is 0.486 e. The Morgan fingerprint density at radius 1 is 1.14 bits per heavy atom. The Kier molecular flexibility index (Phi) is 5.34. The summed E-state index contributed by atoms with van der Waals surface area (Å²) in [6.45, 7) is 0.553. The van der Waals surface area contributed by atoms with Crippen LogP contribution < -0.4 is 20.1 Å². The number of benzene rings is 2. The van der Waals surface area contributed by atoms with Gasteiger partial charge in [0, 0.05) is 0 Å². The molecule has 1 atom stereocenters. The van der Waals surface area contributed by atoms with Crippen LogP contribution >= 0.6 is 11.8 Å². The minimum atomic E-state index is -0.572. The molecule has 3 N–H and O–H groups in total. The zero-order chi connectivity index (χ0) is 19.3. The molecule has 0 saturated heterocycles. The molecule has 1 aromatic heterocycles. The van der Waals surface area contributed by atoms with Gasteiger partial charge < -0.3 is 19.8 Å². The number of hydrogen-bond donors (Lipinski definition) is 3. The van der Waals surface area contributed by atoms with Gasteiger partial charge in [-0.05, 0) is 24.3 Å². The van der Waals surface area contributed by atoms with E-state index in [1.54, 1.807) is 6.07 Å². The van der Waals surface area contributed by atoms with E-state index in [-0.39, 0.29) is 18.4 Å². The van der Waals surface area contributed by atoms with Crippen LogP contribution in [-0.4, -0.2) is 46.9 Å². The second-order valence-corrected chi connectivity index (χ2v) is 7.07. The number of aromatic amines is 1. The van der Waals surface area contributed by atoms with Crippen LogP contribution in [0.3, 0.4) is 0 Å². The third-order valence-electron chi connectivity index (χ3n) is 4.02. The van der Waals surface area contributed by atoms with Gasteiger partial charge in [-0.2, -0.15) is 0 Å². The standard InChI is InChI=1S/C19H18N4O4S/c24-17(11-28-19-21-13-5-1-2-6-14(13)22-19)23-18(25)20-9-12-10-26-15-7-3-4-8-16(15)27-12/h1-8,12H,9-11H2,(H,21,22)(H2,20,23,24,25)/t12-/m0/s1. The number of nitrogens with zero attached hydrogens (tertiary/aromatic N) is 1. The molecule has 2 aromatic carbocycles. The van der Waals surface area contributed by atoms with Gasteiger partial charge in [-0.1, -0.05) is 36.0 Å². The van der Waals surface area contributed by atoms with Gasteiger partial charge in [0.1, 0.15) is 6.61 Å². The number of rotatable bonds is 5. The average Bonchev–Trinajstić information content (AvgIpc) is 3.14. The highest BCUT2D eigenvalue weighted by Crippen LogP contribution is 2.30. The predicted molar refractivity (Wildman–Crippen MR) is 105 cm³/mol. The fourth-order valence-corrected chi connectivity index (χ4v) is 3.39. The topological polar surface area (TPSA) is 105 Å². The summed E-state index contributed by atoms with van der Waals surface area (Å²) in [5.74, 6) is 0.985. The summed E-state index contributed by atoms with van der Waals surface area (Å²) in [4.78, 5) is 31.4. The molecule has 4 rings (SSSR count). The number of imide groups is 1. The number of carbonyl (C=O) groups excluding carboxylic acids is 2. The normalized spacial score (nSPS) is 15.2. The molecule has 0 spiro atoms. The third kappa shape index (κ3) is 4.37. The lowest BCUT2D eigenvalue weighted by atomic mass is 10.2. The summed E-state index contributed by atoms with van der Waals surface area (Å²) in [5, 5.41) is 5.55. The highest BCUT2D eigenvalue weighted by molar-refractivity contribution is 7.99. The Bertz CT molecular complexity index is 973. The number of para-hydroxylation sites is 4. The van der Waals surface area contributed by atoms with Gasteiger partial charge in [0.15, 0.2) is 22.8 Å². The molecule has 8 nitrogen and oxygen atoms in total. The Morgan fingerprint density at radius 2 is 1.93 bits per heavy atom. The number of fused-ring (bicyclic) bond motifs is 2. The number of urea groups is 1. The molecule has 0 radical (unpaired) electrons. The molecule has 0 aliphatic carbocycles. The van der Waals surface area contributed by atoms with Crippen molar-refractivity contribution in [3.8, 4) is 11.5 Å². The number of amides is 3. The smallest absolute Gasteiger partial charge is 0.321 e. The Hall–Kier alpha value is -3.20. The molecule has 3 aromatic rings. The van der Waals surface area contributed by atoms with E-state index in [0.717, 1.165) is 11.0 Å². The number of ether oxygens (including phenoxy) is 2. The second kappa shape index (κ2) is 8.22. The lowest BCUT2D eigenvalue weighted by Crippen LogP contribution is -2.46. The highest BCUT2D eigenvalue weighted by atomic mass is 32.2. The average molecular weight is 398 g/mol. The monoisotopic (exact) mass is 398 g/mol. The fraction of sp³-hybridized carbons (Fsp3) is 0.211. The van der Waals surface area contributed by atoms with E-state index in [9.17, 15) is 9.59 Å². The first-order valence-electron chi connectivity index (χ1n) is 8.71. The molecule has 0 saturated carbocycles. The van der Waals surface area contributed by atoms with E-state index >= 15 is 0 Å². The number of H-pyrrole nitrogens is 1. The Morgan fingerprint density at radius 3 is 2.79 bits per heavy atom. The first-order chi connectivity index (χ1) is 13.7. The summed E-state index contributed by atoms with van der Waals surface area (Å²) in [6.07, 6.45) is -0.319. The van der Waals surface area contributed by atoms with E-state index in [0.29, 0.717) is 23.3 Å². The van der Waals surface area contributed by atoms with Crippen LogP contribution in [0.25, 0.3) is 11.0 Å². The lowest BCUT2D eigenvalue weighted by molar-refractivity contribution is -0.117. The van der Waals surface area contributed by atoms with Crippen molar-refractivity contribution in [2.45, 2.75) is 11.3 Å². The maximum absolute atomic E-state index is 12.0. The number of nitrogens with one attached hydrogen (secondary N) is 3. The van der Waals surface area contributed by atoms with Crippen molar-refractivity contribution in [2.75, 3.05) is 18.9 Å². The predicted octanol–water partition coefficient (Wildman–Crippen LogP) is 2.32. The number of imidazole rings is 1. The third-order valence-corrected chi connectivity index (χ3v) is 4.89. The zero-order valence-corrected chi connectivity index (χ0v) is 15.6. The molecule has 3 amide bonds. The van der Waals surface area contributed by atoms with Crippen molar-refractivity contribution in [3.05, 3.63) is 48.5 Å². The van der Waals surface area contributed by atoms with Gasteiger partial charge in [0.05, 0.1) is 23.3 Å². The van der Waals surface area contributed by atoms with E-state index in [1.165, 1.54) is 11.8 Å². The molecular formula is C19H18N4O4S. The minimum Gasteiger partial charge on any atom is -0.486 e. The van der Waals surface area contributed by atoms with Gasteiger partial charge in [-0.25, -0.2) is 9.78 Å². The van der Waals surface area contributed by atoms with E-state index in [1.807, 2.05) is 42.5 Å². The summed E-state index contributed by atoms with van der Waals surface area (Å²) in [6, 6.07) is 14.4. The molecule has 0 fully saturated rings. The lowest BCUT2D eigenvalue weighted by Gasteiger charge is -2.26. The maximum atomic E-state index is 12.0. The van der Waals surface area contributed by atoms with E-state index < -0.39 is 11.9 Å². The van der Waals surface area contributed by atoms with Gasteiger partial charge in [-0.15, -0.1) is 0 Å². The molecule has 28 heavy (non-hydrogen) atoms. The number of carbonyl (C=O) groups is 2. The highest BCUT2D eigenvalue weighted by Gasteiger charge is 2.21. The quantitative estimate of drug-likeness (QED) is 0.570. The van der Waals surface area contributed by atoms with Crippen LogP contribution in [0.15, 0.2) is 53.7 Å². The molecule has 9 heteroatoms. The van der Waals surface area contributed by atoms with Gasteiger partial charge in [-0.3, -0.25) is 10.1 Å². The maximum Gasteiger partial charge on any atom is 0.321 e. The Labute approximate surface area is 165 Å². The fourth-order valence-electron chi connectivity index (χ4n) is 2.71. The summed E-state index contributed by atoms with van der Waals surface area (Å²) in [7, 11) is 0. The van der Waals surface area contributed by atoms with Crippen LogP contribution in [0.4, 0.5) is 4.79 Å². The van der Waals surface area contributed by atoms with Crippen molar-refractivity contribution in [1.29, 1.82) is 0 Å². The van der Waals surface area contributed by atoms with Crippen molar-refractivity contribution in [3.63, 3.8) is 0 Å². The number of hydrogen-bond acceptors (Lipinski definition) is 6. The SMILES string of the molecule is O=C(CSc1nc2ccccc2[nH]1)NC(=O)NC[C@H]1COc2ccccc2O1. The molecule has 144 valence electrons. The molecule has 0 bridgehead atoms. The summed E-state index contributed by atoms with van der Waals surface area (Å²) >= 11 is 1.23. The number of thioether (sulfide) groups is 1. The van der Waals surface area contributed by atoms with Crippen molar-refractivity contribution in [1.82, 2.24) is 20.6 Å². The first kappa shape index (κ1) is 18.2. The van der Waals surface area contributed by atoms with Crippen LogP contribution in [0.5, 0.6) is 11.5 Å². The Balaban J connectivity index is 1.20. The van der Waals surface area contributed by atoms with Crippen LogP contribution in [0.2, 0.25) is 0 Å². The van der Waals surface area contributed by atoms with Gasteiger partial charge in [0.2, 0.25) is 5.91 Å². The molecule has 1 aliphatic rings. The van der Waals surface area contributed by atoms with Crippen molar-refractivity contribution < 1.29 is 19.1 Å². The zero-order valence-electron chi connectivity index (χ0n) is 14.8. The summed E-state index contributed by atoms with van der Waals surface area (Å²) < 4.78 is 11.3. The molecular weight excluding hydrogens is 380 g/mol. The van der Waals surface area contributed by atoms with Crippen molar-refractivity contribution >= 4 is 34.7 Å². The second-order valence-electron chi connectivity index (χ2n) is 6.10. The minimum absolute atomic E-state index is 0.0731. The van der Waals surface area contributed by atoms with Gasteiger partial charge in [0.25, 0.3) is 0 Å². The summed E-state index contributed by atoms with van der Waals surface area (Å²) in [5.41, 5.74) is 1.74. The van der Waals surface area contributed by atoms with Crippen LogP contribution in [0.1, 0.15) is 0 Å². The first-order valence-corrected chi connectivity index (χ1v) is 9.69. The number of aromatic nitrogens is 2. The van der Waals surface area contributed by atoms with E-state index in [4.69, 9.17) is 9.47 Å². The van der Waals surface area contributed by atoms with E-state index in [2.05, 4.69) is 20.6 Å². The van der Waals surface area contributed by atoms with Crippen LogP contribution in [0, 0.1) is 0 Å². The molecule has 1 aliphatic heterocycles. The van der Waals surface area contributed by atoms with Crippen molar-refractivity contribution in [2.24, 2.45) is 0 Å². The molecule has 0 unspecified atom stereocenters. The molecule has 2 heterocycles.